The van der Waals surface area contributed by atoms with Gasteiger partial charge in [-0.15, -0.1) is 0 Å². The molecule has 43 heavy (non-hydrogen) atoms. The summed E-state index contributed by atoms with van der Waals surface area (Å²) >= 11 is 0. The average Bonchev–Trinajstić information content (AvgIpc) is 3.00. The van der Waals surface area contributed by atoms with Gasteiger partial charge in [-0.2, -0.15) is 0 Å². The number of pyridine rings is 1. The molecular weight excluding hydrogens is 540 g/mol. The van der Waals surface area contributed by atoms with Gasteiger partial charge in [0.05, 0.1) is 17.7 Å². The highest BCUT2D eigenvalue weighted by Crippen LogP contribution is 2.41. The van der Waals surface area contributed by atoms with Crippen molar-refractivity contribution in [1.29, 1.82) is 0 Å². The zero-order valence-electron chi connectivity index (χ0n) is 26.6. The fraction of sp³-hybridized carbons (Fsp3) is 0.629. The number of hydrogen-bond acceptors (Lipinski definition) is 5. The predicted octanol–water partition coefficient (Wildman–Crippen LogP) is 4.50. The monoisotopic (exact) mass is 590 g/mol. The maximum atomic E-state index is 13.9. The van der Waals surface area contributed by atoms with Crippen LogP contribution in [0.1, 0.15) is 76.1 Å². The Morgan fingerprint density at radius 2 is 1.65 bits per heavy atom. The number of hydrogen-bond donors (Lipinski definition) is 1. The molecule has 0 spiro atoms. The summed E-state index contributed by atoms with van der Waals surface area (Å²) in [6.07, 6.45) is 9.25. The first kappa shape index (κ1) is 31.5. The van der Waals surface area contributed by atoms with Gasteiger partial charge >= 0.3 is 0 Å². The third kappa shape index (κ3) is 6.91. The number of piperidine rings is 1. The van der Waals surface area contributed by atoms with Crippen molar-refractivity contribution < 1.29 is 14.7 Å². The smallest absolute Gasteiger partial charge is 0.256 e. The maximum Gasteiger partial charge on any atom is 0.256 e. The van der Waals surface area contributed by atoms with Gasteiger partial charge < -0.3 is 24.4 Å². The number of likely N-dealkylation sites (tertiary alicyclic amines) is 1. The number of amides is 2. The van der Waals surface area contributed by atoms with Crippen molar-refractivity contribution in [2.24, 2.45) is 17.3 Å². The molecule has 8 nitrogen and oxygen atoms in total. The van der Waals surface area contributed by atoms with Gasteiger partial charge in [-0.25, -0.2) is 0 Å². The second-order valence-electron chi connectivity index (χ2n) is 14.1. The van der Waals surface area contributed by atoms with Crippen LogP contribution < -0.4 is 5.56 Å². The highest BCUT2D eigenvalue weighted by Gasteiger charge is 2.49. The van der Waals surface area contributed by atoms with Crippen LogP contribution >= 0.6 is 0 Å². The molecule has 3 aliphatic rings. The fourth-order valence-electron chi connectivity index (χ4n) is 7.36. The zero-order chi connectivity index (χ0) is 30.8. The lowest BCUT2D eigenvalue weighted by Gasteiger charge is -2.51. The molecule has 1 aliphatic carbocycles. The maximum absolute atomic E-state index is 13.9. The van der Waals surface area contributed by atoms with Crippen molar-refractivity contribution in [3.05, 3.63) is 58.5 Å². The molecule has 2 saturated heterocycles. The number of aliphatic hydroxyl groups is 1. The molecule has 1 aromatic heterocycles. The second kappa shape index (κ2) is 12.9. The number of benzene rings is 1. The van der Waals surface area contributed by atoms with E-state index in [1.54, 1.807) is 12.3 Å². The van der Waals surface area contributed by atoms with Crippen LogP contribution in [-0.2, 0) is 11.3 Å². The number of piperazine rings is 1. The van der Waals surface area contributed by atoms with Crippen LogP contribution in [0.5, 0.6) is 0 Å². The van der Waals surface area contributed by atoms with Crippen LogP contribution in [0.4, 0.5) is 0 Å². The van der Waals surface area contributed by atoms with E-state index in [9.17, 15) is 19.5 Å². The van der Waals surface area contributed by atoms with Crippen LogP contribution in [0.3, 0.4) is 0 Å². The number of carbonyl (C=O) groups is 2. The normalized spacial score (nSPS) is 24.1. The molecule has 1 saturated carbocycles. The highest BCUT2D eigenvalue weighted by molar-refractivity contribution is 6.00. The van der Waals surface area contributed by atoms with E-state index in [2.05, 4.69) is 18.9 Å². The first-order chi connectivity index (χ1) is 20.5. The Balaban J connectivity index is 1.37. The topological polar surface area (TPSA) is 86.1 Å². The van der Waals surface area contributed by atoms with Crippen molar-refractivity contribution in [2.75, 3.05) is 46.3 Å². The summed E-state index contributed by atoms with van der Waals surface area (Å²) in [4.78, 5) is 46.9. The summed E-state index contributed by atoms with van der Waals surface area (Å²) in [5.74, 6) is 0.682. The van der Waals surface area contributed by atoms with Gasteiger partial charge in [0.25, 0.3) is 11.5 Å². The van der Waals surface area contributed by atoms with Crippen molar-refractivity contribution >= 4 is 11.8 Å². The first-order valence-corrected chi connectivity index (χ1v) is 16.3. The van der Waals surface area contributed by atoms with Gasteiger partial charge in [0, 0.05) is 68.4 Å². The van der Waals surface area contributed by atoms with Crippen molar-refractivity contribution in [1.82, 2.24) is 19.3 Å². The van der Waals surface area contributed by atoms with E-state index >= 15 is 0 Å². The molecule has 2 atom stereocenters. The molecule has 2 aromatic rings. The van der Waals surface area contributed by atoms with E-state index in [1.165, 1.54) is 36.7 Å². The molecule has 1 unspecified atom stereocenters. The molecule has 1 aromatic carbocycles. The molecule has 0 radical (unpaired) electrons. The van der Waals surface area contributed by atoms with Crippen molar-refractivity contribution in [3.8, 4) is 11.1 Å². The number of nitrogens with zero attached hydrogens (tertiary/aromatic N) is 4. The number of rotatable bonds is 7. The number of aromatic nitrogens is 1. The third-order valence-electron chi connectivity index (χ3n) is 10.4. The molecule has 0 bridgehead atoms. The van der Waals surface area contributed by atoms with E-state index in [1.807, 2.05) is 54.0 Å². The second-order valence-corrected chi connectivity index (χ2v) is 14.1. The molecular formula is C35H50N4O4. The lowest BCUT2D eigenvalue weighted by atomic mass is 9.69. The quantitative estimate of drug-likeness (QED) is 0.513. The van der Waals surface area contributed by atoms with Crippen LogP contribution in [0.15, 0.2) is 47.4 Å². The van der Waals surface area contributed by atoms with Gasteiger partial charge in [0.2, 0.25) is 5.91 Å². The van der Waals surface area contributed by atoms with Crippen LogP contribution in [0.2, 0.25) is 0 Å². The minimum atomic E-state index is -1.22. The SMILES string of the molecule is C[C@H](CC1CCCCC1)C(=O)N1CCC(O)(Cn2cc(C(=O)N3CCN(C)CC3)c(-c3ccccc3)cc2=O)C(C)(C)C1. The molecule has 3 heterocycles. The summed E-state index contributed by atoms with van der Waals surface area (Å²) in [5.41, 5.74) is -0.215. The Bertz CT molecular complexity index is 1340. The Morgan fingerprint density at radius 1 is 0.977 bits per heavy atom. The van der Waals surface area contributed by atoms with E-state index < -0.39 is 11.0 Å². The molecule has 8 heteroatoms. The Morgan fingerprint density at radius 3 is 2.30 bits per heavy atom. The van der Waals surface area contributed by atoms with Gasteiger partial charge in [-0.1, -0.05) is 83.2 Å². The van der Waals surface area contributed by atoms with Crippen LogP contribution in [0.25, 0.3) is 11.1 Å². The van der Waals surface area contributed by atoms with Gasteiger partial charge in [-0.3, -0.25) is 14.4 Å². The lowest BCUT2D eigenvalue weighted by Crippen LogP contribution is -2.61. The first-order valence-electron chi connectivity index (χ1n) is 16.3. The van der Waals surface area contributed by atoms with Crippen LogP contribution in [0, 0.1) is 17.3 Å². The minimum Gasteiger partial charge on any atom is -0.387 e. The van der Waals surface area contributed by atoms with Crippen molar-refractivity contribution in [3.63, 3.8) is 0 Å². The summed E-state index contributed by atoms with van der Waals surface area (Å²) in [7, 11) is 2.05. The number of likely N-dealkylation sites (N-methyl/N-ethyl adjacent to an activating group) is 1. The standard InChI is InChI=1S/C35H50N4O4/c1-26(21-27-11-7-5-8-12-27)32(41)38-16-15-35(43,34(2,3)24-38)25-39-23-30(33(42)37-19-17-36(4)18-20-37)29(22-31(39)40)28-13-9-6-10-14-28/h6,9-10,13-14,22-23,26-27,43H,5,7-8,11-12,15-21,24-25H2,1-4H3/t26-,35?/m1/s1. The number of carbonyl (C=O) groups excluding carboxylic acids is 2. The molecule has 1 N–H and O–H groups in total. The molecule has 2 aliphatic heterocycles. The predicted molar refractivity (Wildman–Crippen MR) is 170 cm³/mol. The van der Waals surface area contributed by atoms with E-state index in [0.29, 0.717) is 49.6 Å². The molecule has 2 amide bonds. The largest absolute Gasteiger partial charge is 0.387 e. The Kier molecular flexibility index (Phi) is 9.47. The lowest BCUT2D eigenvalue weighted by molar-refractivity contribution is -0.157. The summed E-state index contributed by atoms with van der Waals surface area (Å²) in [6.45, 7) is 9.83. The van der Waals surface area contributed by atoms with Crippen molar-refractivity contribution in [2.45, 2.75) is 77.9 Å². The third-order valence-corrected chi connectivity index (χ3v) is 10.4. The van der Waals surface area contributed by atoms with Gasteiger partial charge in [0.1, 0.15) is 0 Å². The average molecular weight is 591 g/mol. The van der Waals surface area contributed by atoms with Crippen LogP contribution in [-0.4, -0.2) is 88.1 Å². The Hall–Kier alpha value is -2.97. The van der Waals surface area contributed by atoms with E-state index in [-0.39, 0.29) is 29.8 Å². The highest BCUT2D eigenvalue weighted by atomic mass is 16.3. The minimum absolute atomic E-state index is 0.0265. The zero-order valence-corrected chi connectivity index (χ0v) is 26.6. The molecule has 3 fully saturated rings. The van der Waals surface area contributed by atoms with E-state index in [0.717, 1.165) is 25.1 Å². The summed E-state index contributed by atoms with van der Waals surface area (Å²) < 4.78 is 1.51. The Labute approximate surface area is 256 Å². The fourth-order valence-corrected chi connectivity index (χ4v) is 7.36. The van der Waals surface area contributed by atoms with E-state index in [4.69, 9.17) is 0 Å². The molecule has 5 rings (SSSR count). The molecule has 234 valence electrons. The summed E-state index contributed by atoms with van der Waals surface area (Å²) in [5, 5.41) is 12.1. The van der Waals surface area contributed by atoms with Gasteiger partial charge in [0.15, 0.2) is 0 Å². The summed E-state index contributed by atoms with van der Waals surface area (Å²) in [6, 6.07) is 11.1. The van der Waals surface area contributed by atoms with Gasteiger partial charge in [-0.05, 0) is 31.4 Å².